The van der Waals surface area contributed by atoms with Crippen molar-refractivity contribution in [3.05, 3.63) is 29.6 Å². The van der Waals surface area contributed by atoms with Gasteiger partial charge in [-0.15, -0.1) is 0 Å². The van der Waals surface area contributed by atoms with Crippen LogP contribution < -0.4 is 5.73 Å². The number of hydrogen-bond donors (Lipinski definition) is 1. The molecule has 1 aromatic heterocycles. The van der Waals surface area contributed by atoms with E-state index >= 15 is 0 Å². The number of hydrogen-bond acceptors (Lipinski definition) is 4. The van der Waals surface area contributed by atoms with E-state index in [0.29, 0.717) is 12.8 Å². The standard InChI is InChI=1S/C13H20N2O2S/c1-10-5-6-11(15-9-10)8-12(14)13-4-2-3-7-18(13,16)17/h5-6,9,12-13H,2-4,7-8,14H2,1H3. The van der Waals surface area contributed by atoms with E-state index < -0.39 is 15.1 Å². The van der Waals surface area contributed by atoms with Gasteiger partial charge in [-0.05, 0) is 31.4 Å². The summed E-state index contributed by atoms with van der Waals surface area (Å²) in [5.74, 6) is 0.284. The van der Waals surface area contributed by atoms with Gasteiger partial charge in [0.25, 0.3) is 0 Å². The molecule has 1 fully saturated rings. The quantitative estimate of drug-likeness (QED) is 0.894. The molecule has 2 unspecified atom stereocenters. The Bertz CT molecular complexity index is 496. The Balaban J connectivity index is 2.07. The Hall–Kier alpha value is -0.940. The number of nitrogens with zero attached hydrogens (tertiary/aromatic N) is 1. The largest absolute Gasteiger partial charge is 0.326 e. The first kappa shape index (κ1) is 13.5. The fourth-order valence-electron chi connectivity index (χ4n) is 2.45. The van der Waals surface area contributed by atoms with Gasteiger partial charge in [0.1, 0.15) is 0 Å². The number of aryl methyl sites for hydroxylation is 1. The zero-order valence-corrected chi connectivity index (χ0v) is 11.5. The first-order chi connectivity index (χ1) is 8.49. The van der Waals surface area contributed by atoms with Crippen molar-refractivity contribution in [1.29, 1.82) is 0 Å². The van der Waals surface area contributed by atoms with Crippen molar-refractivity contribution in [2.45, 2.75) is 43.9 Å². The van der Waals surface area contributed by atoms with E-state index in [2.05, 4.69) is 4.98 Å². The molecule has 0 bridgehead atoms. The van der Waals surface area contributed by atoms with Crippen LogP contribution >= 0.6 is 0 Å². The molecule has 4 nitrogen and oxygen atoms in total. The SMILES string of the molecule is Cc1ccc(CC(N)C2CCCCS2(=O)=O)nc1. The minimum atomic E-state index is -3.00. The highest BCUT2D eigenvalue weighted by Crippen LogP contribution is 2.22. The summed E-state index contributed by atoms with van der Waals surface area (Å²) in [4.78, 5) is 4.29. The summed E-state index contributed by atoms with van der Waals surface area (Å²) in [5, 5.41) is -0.394. The first-order valence-corrected chi connectivity index (χ1v) is 8.09. The summed E-state index contributed by atoms with van der Waals surface area (Å²) in [6, 6.07) is 3.56. The fraction of sp³-hybridized carbons (Fsp3) is 0.615. The van der Waals surface area contributed by atoms with Crippen LogP contribution in [0.25, 0.3) is 0 Å². The third-order valence-corrected chi connectivity index (χ3v) is 5.89. The van der Waals surface area contributed by atoms with Crippen molar-refractivity contribution in [3.8, 4) is 0 Å². The molecule has 1 aliphatic heterocycles. The summed E-state index contributed by atoms with van der Waals surface area (Å²) in [5.41, 5.74) is 8.04. The maximum Gasteiger partial charge on any atom is 0.154 e. The lowest BCUT2D eigenvalue weighted by Crippen LogP contribution is -2.45. The maximum atomic E-state index is 12.0. The third kappa shape index (κ3) is 3.09. The Morgan fingerprint density at radius 2 is 2.22 bits per heavy atom. The van der Waals surface area contributed by atoms with E-state index in [1.165, 1.54) is 0 Å². The van der Waals surface area contributed by atoms with Crippen LogP contribution in [0.1, 0.15) is 30.5 Å². The van der Waals surface area contributed by atoms with Gasteiger partial charge in [-0.25, -0.2) is 8.42 Å². The van der Waals surface area contributed by atoms with Crippen molar-refractivity contribution in [3.63, 3.8) is 0 Å². The molecule has 2 atom stereocenters. The molecule has 1 saturated heterocycles. The molecule has 2 N–H and O–H groups in total. The molecule has 0 radical (unpaired) electrons. The molecule has 0 aliphatic carbocycles. The Kier molecular flexibility index (Phi) is 4.02. The van der Waals surface area contributed by atoms with Crippen molar-refractivity contribution >= 4 is 9.84 Å². The third-order valence-electron chi connectivity index (χ3n) is 3.52. The van der Waals surface area contributed by atoms with Crippen LogP contribution in [-0.2, 0) is 16.3 Å². The monoisotopic (exact) mass is 268 g/mol. The first-order valence-electron chi connectivity index (χ1n) is 6.38. The average molecular weight is 268 g/mol. The van der Waals surface area contributed by atoms with Crippen molar-refractivity contribution in [2.24, 2.45) is 5.73 Å². The molecular formula is C13H20N2O2S. The van der Waals surface area contributed by atoms with E-state index in [0.717, 1.165) is 24.1 Å². The number of aromatic nitrogens is 1. The second-order valence-electron chi connectivity index (χ2n) is 5.10. The van der Waals surface area contributed by atoms with E-state index in [9.17, 15) is 8.42 Å². The smallest absolute Gasteiger partial charge is 0.154 e. The van der Waals surface area contributed by atoms with Gasteiger partial charge >= 0.3 is 0 Å². The Labute approximate surface area is 109 Å². The van der Waals surface area contributed by atoms with Crippen LogP contribution in [-0.4, -0.2) is 30.4 Å². The average Bonchev–Trinajstić information content (AvgIpc) is 2.31. The molecule has 18 heavy (non-hydrogen) atoms. The second kappa shape index (κ2) is 5.36. The zero-order valence-electron chi connectivity index (χ0n) is 10.7. The second-order valence-corrected chi connectivity index (χ2v) is 7.44. The van der Waals surface area contributed by atoms with E-state index in [4.69, 9.17) is 5.73 Å². The predicted molar refractivity (Wildman–Crippen MR) is 72.1 cm³/mol. The van der Waals surface area contributed by atoms with Crippen LogP contribution in [0.4, 0.5) is 0 Å². The van der Waals surface area contributed by atoms with Gasteiger partial charge in [0.05, 0.1) is 11.0 Å². The van der Waals surface area contributed by atoms with E-state index in [-0.39, 0.29) is 11.8 Å². The van der Waals surface area contributed by atoms with Gasteiger partial charge in [0, 0.05) is 24.4 Å². The summed E-state index contributed by atoms with van der Waals surface area (Å²) in [6.07, 6.45) is 4.74. The minimum Gasteiger partial charge on any atom is -0.326 e. The molecule has 100 valence electrons. The number of pyridine rings is 1. The lowest BCUT2D eigenvalue weighted by molar-refractivity contribution is 0.493. The fourth-order valence-corrected chi connectivity index (χ4v) is 4.52. The lowest BCUT2D eigenvalue weighted by atomic mass is 10.0. The molecule has 1 aliphatic rings. The molecule has 5 heteroatoms. The van der Waals surface area contributed by atoms with Crippen molar-refractivity contribution in [2.75, 3.05) is 5.75 Å². The predicted octanol–water partition coefficient (Wildman–Crippen LogP) is 1.23. The van der Waals surface area contributed by atoms with E-state index in [1.807, 2.05) is 19.1 Å². The summed E-state index contributed by atoms with van der Waals surface area (Å²) in [7, 11) is -3.00. The molecule has 1 aromatic rings. The van der Waals surface area contributed by atoms with Gasteiger partial charge in [-0.1, -0.05) is 12.5 Å². The van der Waals surface area contributed by atoms with Gasteiger partial charge in [0.15, 0.2) is 9.84 Å². The molecule has 0 spiro atoms. The highest BCUT2D eigenvalue weighted by atomic mass is 32.2. The minimum absolute atomic E-state index is 0.284. The normalized spacial score (nSPS) is 24.7. The van der Waals surface area contributed by atoms with Crippen LogP contribution in [0.2, 0.25) is 0 Å². The summed E-state index contributed by atoms with van der Waals surface area (Å²) >= 11 is 0. The van der Waals surface area contributed by atoms with Crippen molar-refractivity contribution < 1.29 is 8.42 Å². The topological polar surface area (TPSA) is 73.1 Å². The molecule has 0 aromatic carbocycles. The maximum absolute atomic E-state index is 12.0. The van der Waals surface area contributed by atoms with Crippen LogP contribution in [0.15, 0.2) is 18.3 Å². The highest BCUT2D eigenvalue weighted by molar-refractivity contribution is 7.92. The molecule has 0 saturated carbocycles. The van der Waals surface area contributed by atoms with Gasteiger partial charge in [0.2, 0.25) is 0 Å². The van der Waals surface area contributed by atoms with E-state index in [1.54, 1.807) is 6.20 Å². The Morgan fingerprint density at radius 3 is 2.83 bits per heavy atom. The molecular weight excluding hydrogens is 248 g/mol. The Morgan fingerprint density at radius 1 is 1.44 bits per heavy atom. The lowest BCUT2D eigenvalue weighted by Gasteiger charge is -2.27. The number of rotatable bonds is 3. The summed E-state index contributed by atoms with van der Waals surface area (Å²) in [6.45, 7) is 1.97. The van der Waals surface area contributed by atoms with Crippen molar-refractivity contribution in [1.82, 2.24) is 4.98 Å². The zero-order chi connectivity index (χ0) is 13.2. The van der Waals surface area contributed by atoms with Gasteiger partial charge in [-0.2, -0.15) is 0 Å². The molecule has 2 rings (SSSR count). The van der Waals surface area contributed by atoms with Crippen LogP contribution in [0, 0.1) is 6.92 Å². The number of nitrogens with two attached hydrogens (primary N) is 1. The van der Waals surface area contributed by atoms with Crippen LogP contribution in [0.3, 0.4) is 0 Å². The molecule has 0 amide bonds. The van der Waals surface area contributed by atoms with Crippen LogP contribution in [0.5, 0.6) is 0 Å². The summed E-state index contributed by atoms with van der Waals surface area (Å²) < 4.78 is 23.9. The van der Waals surface area contributed by atoms with Gasteiger partial charge < -0.3 is 5.73 Å². The molecule has 2 heterocycles. The van der Waals surface area contributed by atoms with Gasteiger partial charge in [-0.3, -0.25) is 4.98 Å². The highest BCUT2D eigenvalue weighted by Gasteiger charge is 2.33. The number of sulfone groups is 1.